The number of aromatic nitrogens is 2. The van der Waals surface area contributed by atoms with E-state index in [0.717, 1.165) is 18.3 Å². The van der Waals surface area contributed by atoms with Crippen LogP contribution in [0.25, 0.3) is 0 Å². The van der Waals surface area contributed by atoms with Gasteiger partial charge in [0.15, 0.2) is 0 Å². The summed E-state index contributed by atoms with van der Waals surface area (Å²) < 4.78 is 0. The molecule has 0 aliphatic heterocycles. The number of anilines is 1. The normalized spacial score (nSPS) is 15.8. The Morgan fingerprint density at radius 2 is 2.38 bits per heavy atom. The Morgan fingerprint density at radius 3 is 3.00 bits per heavy atom. The molecule has 1 aliphatic rings. The summed E-state index contributed by atoms with van der Waals surface area (Å²) in [5.74, 6) is 1.62. The van der Waals surface area contributed by atoms with Crippen LogP contribution in [0.2, 0.25) is 0 Å². The zero-order chi connectivity index (χ0) is 9.26. The van der Waals surface area contributed by atoms with Crippen molar-refractivity contribution < 1.29 is 0 Å². The van der Waals surface area contributed by atoms with Crippen LogP contribution in [-0.2, 0) is 0 Å². The molecular weight excluding hydrogens is 166 g/mol. The second kappa shape index (κ2) is 3.20. The van der Waals surface area contributed by atoms with Crippen LogP contribution in [0.15, 0.2) is 17.2 Å². The summed E-state index contributed by atoms with van der Waals surface area (Å²) in [5.41, 5.74) is -0.139. The topological polar surface area (TPSA) is 49.0 Å². The lowest BCUT2D eigenvalue weighted by Crippen LogP contribution is -2.23. The Bertz CT molecular complexity index is 343. The lowest BCUT2D eigenvalue weighted by atomic mass is 10.4. The van der Waals surface area contributed by atoms with Gasteiger partial charge in [-0.05, 0) is 18.8 Å². The quantitative estimate of drug-likeness (QED) is 0.739. The Hall–Kier alpha value is -1.32. The van der Waals surface area contributed by atoms with E-state index in [0.29, 0.717) is 0 Å². The second-order valence-electron chi connectivity index (χ2n) is 3.61. The standard InChI is InChI=1S/C9H13N3O/c1-12(6-7-2-3-7)8-4-10-5-9(13)11-8/h4-5,7H,2-3,6H2,1H3,(H,11,13). The van der Waals surface area contributed by atoms with Crippen LogP contribution < -0.4 is 10.5 Å². The van der Waals surface area contributed by atoms with Gasteiger partial charge in [-0.2, -0.15) is 0 Å². The fourth-order valence-corrected chi connectivity index (χ4v) is 1.35. The number of aromatic amines is 1. The summed E-state index contributed by atoms with van der Waals surface area (Å²) in [5, 5.41) is 0. The molecule has 0 aromatic carbocycles. The molecule has 1 aromatic rings. The van der Waals surface area contributed by atoms with Crippen molar-refractivity contribution in [2.24, 2.45) is 5.92 Å². The lowest BCUT2D eigenvalue weighted by molar-refractivity contribution is 0.773. The summed E-state index contributed by atoms with van der Waals surface area (Å²) in [4.78, 5) is 19.6. The number of nitrogens with zero attached hydrogens (tertiary/aromatic N) is 2. The van der Waals surface area contributed by atoms with Crippen molar-refractivity contribution in [3.63, 3.8) is 0 Å². The Labute approximate surface area is 76.6 Å². The maximum absolute atomic E-state index is 11.0. The van der Waals surface area contributed by atoms with Crippen LogP contribution in [0, 0.1) is 5.92 Å². The zero-order valence-corrected chi connectivity index (χ0v) is 7.66. The summed E-state index contributed by atoms with van der Waals surface area (Å²) in [6.07, 6.45) is 5.60. The minimum atomic E-state index is -0.139. The third kappa shape index (κ3) is 2.08. The Morgan fingerprint density at radius 1 is 1.62 bits per heavy atom. The van der Waals surface area contributed by atoms with Gasteiger partial charge in [-0.3, -0.25) is 9.78 Å². The molecule has 0 saturated heterocycles. The molecule has 1 aliphatic carbocycles. The molecular formula is C9H13N3O. The molecule has 4 heteroatoms. The minimum absolute atomic E-state index is 0.139. The number of hydrogen-bond acceptors (Lipinski definition) is 3. The van der Waals surface area contributed by atoms with E-state index < -0.39 is 0 Å². The van der Waals surface area contributed by atoms with E-state index in [1.54, 1.807) is 6.20 Å². The molecule has 13 heavy (non-hydrogen) atoms. The van der Waals surface area contributed by atoms with Crippen LogP contribution in [0.5, 0.6) is 0 Å². The highest BCUT2D eigenvalue weighted by molar-refractivity contribution is 5.33. The molecule has 2 rings (SSSR count). The van der Waals surface area contributed by atoms with Crippen molar-refractivity contribution in [1.82, 2.24) is 9.97 Å². The molecule has 0 unspecified atom stereocenters. The van der Waals surface area contributed by atoms with Gasteiger partial charge in [0, 0.05) is 13.6 Å². The molecule has 4 nitrogen and oxygen atoms in total. The van der Waals surface area contributed by atoms with Gasteiger partial charge in [-0.15, -0.1) is 0 Å². The highest BCUT2D eigenvalue weighted by atomic mass is 16.1. The van der Waals surface area contributed by atoms with E-state index in [1.807, 2.05) is 11.9 Å². The molecule has 0 bridgehead atoms. The minimum Gasteiger partial charge on any atom is -0.360 e. The predicted molar refractivity (Wildman–Crippen MR) is 50.9 cm³/mol. The van der Waals surface area contributed by atoms with Gasteiger partial charge < -0.3 is 9.88 Å². The van der Waals surface area contributed by atoms with E-state index in [4.69, 9.17) is 0 Å². The van der Waals surface area contributed by atoms with Crippen LogP contribution in [0.1, 0.15) is 12.8 Å². The van der Waals surface area contributed by atoms with Crippen LogP contribution in [0.3, 0.4) is 0 Å². The first kappa shape index (κ1) is 8.29. The van der Waals surface area contributed by atoms with Gasteiger partial charge in [0.1, 0.15) is 5.82 Å². The average molecular weight is 179 g/mol. The Balaban J connectivity index is 2.09. The monoisotopic (exact) mass is 179 g/mol. The van der Waals surface area contributed by atoms with E-state index in [-0.39, 0.29) is 5.56 Å². The SMILES string of the molecule is CN(CC1CC1)c1cncc(=O)[nH]1. The first-order valence-electron chi connectivity index (χ1n) is 4.51. The smallest absolute Gasteiger partial charge is 0.267 e. The van der Waals surface area contributed by atoms with Crippen molar-refractivity contribution in [2.45, 2.75) is 12.8 Å². The van der Waals surface area contributed by atoms with Crippen molar-refractivity contribution in [3.05, 3.63) is 22.7 Å². The third-order valence-corrected chi connectivity index (χ3v) is 2.28. The number of rotatable bonds is 3. The van der Waals surface area contributed by atoms with Gasteiger partial charge in [0.2, 0.25) is 0 Å². The molecule has 0 spiro atoms. The fourth-order valence-electron chi connectivity index (χ4n) is 1.35. The molecule has 0 amide bonds. The molecule has 1 fully saturated rings. The summed E-state index contributed by atoms with van der Waals surface area (Å²) >= 11 is 0. The molecule has 1 heterocycles. The van der Waals surface area contributed by atoms with Gasteiger partial charge in [-0.1, -0.05) is 0 Å². The largest absolute Gasteiger partial charge is 0.360 e. The first-order valence-corrected chi connectivity index (χ1v) is 4.51. The molecule has 0 radical (unpaired) electrons. The molecule has 1 aromatic heterocycles. The van der Waals surface area contributed by atoms with Gasteiger partial charge >= 0.3 is 0 Å². The highest BCUT2D eigenvalue weighted by Gasteiger charge is 2.23. The maximum Gasteiger partial charge on any atom is 0.267 e. The third-order valence-electron chi connectivity index (χ3n) is 2.28. The van der Waals surface area contributed by atoms with Crippen molar-refractivity contribution in [1.29, 1.82) is 0 Å². The van der Waals surface area contributed by atoms with Crippen molar-refractivity contribution in [2.75, 3.05) is 18.5 Å². The van der Waals surface area contributed by atoms with Gasteiger partial charge in [0.05, 0.1) is 12.4 Å². The summed E-state index contributed by atoms with van der Waals surface area (Å²) in [6, 6.07) is 0. The van der Waals surface area contributed by atoms with Crippen molar-refractivity contribution >= 4 is 5.82 Å². The summed E-state index contributed by atoms with van der Waals surface area (Å²) in [6.45, 7) is 1.02. The number of hydrogen-bond donors (Lipinski definition) is 1. The van der Waals surface area contributed by atoms with Crippen LogP contribution in [-0.4, -0.2) is 23.6 Å². The number of H-pyrrole nitrogens is 1. The average Bonchev–Trinajstić information content (AvgIpc) is 2.88. The van der Waals surface area contributed by atoms with Crippen LogP contribution in [0.4, 0.5) is 5.82 Å². The van der Waals surface area contributed by atoms with E-state index >= 15 is 0 Å². The van der Waals surface area contributed by atoms with E-state index in [2.05, 4.69) is 9.97 Å². The number of nitrogens with one attached hydrogen (secondary N) is 1. The second-order valence-corrected chi connectivity index (χ2v) is 3.61. The lowest BCUT2D eigenvalue weighted by Gasteiger charge is -2.17. The highest BCUT2D eigenvalue weighted by Crippen LogP contribution is 2.30. The zero-order valence-electron chi connectivity index (χ0n) is 7.66. The molecule has 1 saturated carbocycles. The maximum atomic E-state index is 11.0. The van der Waals surface area contributed by atoms with E-state index in [9.17, 15) is 4.79 Å². The molecule has 0 atom stereocenters. The van der Waals surface area contributed by atoms with Crippen LogP contribution >= 0.6 is 0 Å². The predicted octanol–water partition coefficient (Wildman–Crippen LogP) is 0.616. The van der Waals surface area contributed by atoms with Gasteiger partial charge in [0.25, 0.3) is 5.56 Å². The molecule has 1 N–H and O–H groups in total. The summed E-state index contributed by atoms with van der Waals surface area (Å²) in [7, 11) is 1.98. The van der Waals surface area contributed by atoms with Gasteiger partial charge in [-0.25, -0.2) is 0 Å². The Kier molecular flexibility index (Phi) is 2.04. The van der Waals surface area contributed by atoms with E-state index in [1.165, 1.54) is 19.0 Å². The van der Waals surface area contributed by atoms with Crippen molar-refractivity contribution in [3.8, 4) is 0 Å². The molecule has 70 valence electrons. The first-order chi connectivity index (χ1) is 6.25. The fraction of sp³-hybridized carbons (Fsp3) is 0.556.